The van der Waals surface area contributed by atoms with Crippen molar-refractivity contribution in [2.24, 2.45) is 5.92 Å². The van der Waals surface area contributed by atoms with Crippen LogP contribution >= 0.6 is 0 Å². The molecule has 3 rings (SSSR count). The Morgan fingerprint density at radius 3 is 2.83 bits per heavy atom. The van der Waals surface area contributed by atoms with E-state index in [0.29, 0.717) is 24.8 Å². The van der Waals surface area contributed by atoms with Gasteiger partial charge in [0.1, 0.15) is 5.76 Å². The molecule has 2 N–H and O–H groups in total. The van der Waals surface area contributed by atoms with E-state index in [0.717, 1.165) is 50.1 Å². The number of nitrogens with one attached hydrogen (secondary N) is 2. The average Bonchev–Trinajstić information content (AvgIpc) is 3.22. The molecule has 3 heterocycles. The first-order valence-corrected chi connectivity index (χ1v) is 8.92. The summed E-state index contributed by atoms with van der Waals surface area (Å²) < 4.78 is 5.56. The molecule has 132 valence electrons. The van der Waals surface area contributed by atoms with Crippen LogP contribution in [-0.4, -0.2) is 48.9 Å². The van der Waals surface area contributed by atoms with Gasteiger partial charge in [0, 0.05) is 25.2 Å². The maximum atomic E-state index is 12.7. The van der Waals surface area contributed by atoms with Crippen molar-refractivity contribution in [3.05, 3.63) is 23.2 Å². The Morgan fingerprint density at radius 1 is 1.33 bits per heavy atom. The van der Waals surface area contributed by atoms with Crippen LogP contribution in [-0.2, 0) is 4.79 Å². The van der Waals surface area contributed by atoms with E-state index in [9.17, 15) is 9.59 Å². The van der Waals surface area contributed by atoms with Crippen LogP contribution in [0.3, 0.4) is 0 Å². The van der Waals surface area contributed by atoms with Gasteiger partial charge in [-0.25, -0.2) is 0 Å². The largest absolute Gasteiger partial charge is 0.456 e. The number of rotatable bonds is 4. The molecule has 1 aromatic rings. The first kappa shape index (κ1) is 17.0. The number of likely N-dealkylation sites (tertiary alicyclic amines) is 1. The Morgan fingerprint density at radius 2 is 2.17 bits per heavy atom. The minimum absolute atomic E-state index is 0.0333. The van der Waals surface area contributed by atoms with Gasteiger partial charge in [0.05, 0.1) is 6.04 Å². The Labute approximate surface area is 143 Å². The Bertz CT molecular complexity index is 605. The molecule has 0 bridgehead atoms. The number of aryl methyl sites for hydroxylation is 2. The maximum Gasteiger partial charge on any atom is 0.289 e. The maximum absolute atomic E-state index is 12.7. The summed E-state index contributed by atoms with van der Waals surface area (Å²) in [4.78, 5) is 26.6. The van der Waals surface area contributed by atoms with Gasteiger partial charge in [-0.15, -0.1) is 0 Å². The summed E-state index contributed by atoms with van der Waals surface area (Å²) in [6.45, 7) is 6.75. The van der Waals surface area contributed by atoms with Crippen molar-refractivity contribution < 1.29 is 14.0 Å². The number of carbonyl (C=O) groups is 2. The van der Waals surface area contributed by atoms with E-state index in [1.54, 1.807) is 0 Å². The Kier molecular flexibility index (Phi) is 5.23. The lowest BCUT2D eigenvalue weighted by molar-refractivity contribution is -0.123. The highest BCUT2D eigenvalue weighted by Crippen LogP contribution is 2.21. The van der Waals surface area contributed by atoms with Crippen LogP contribution in [0.2, 0.25) is 0 Å². The van der Waals surface area contributed by atoms with Crippen molar-refractivity contribution in [3.63, 3.8) is 0 Å². The van der Waals surface area contributed by atoms with Crippen molar-refractivity contribution in [1.29, 1.82) is 0 Å². The highest BCUT2D eigenvalue weighted by atomic mass is 16.4. The quantitative estimate of drug-likeness (QED) is 0.878. The standard InChI is InChI=1S/C18H27N3O3/c1-12-9-13(2)24-16(12)18(23)21-8-4-5-14(11-21)10-20-17(22)15-6-3-7-19-15/h9,14-15,19H,3-8,10-11H2,1-2H3,(H,20,22). The Balaban J connectivity index is 1.53. The molecule has 1 aromatic heterocycles. The number of carbonyl (C=O) groups excluding carboxylic acids is 2. The molecule has 2 saturated heterocycles. The first-order valence-electron chi connectivity index (χ1n) is 8.92. The lowest BCUT2D eigenvalue weighted by Gasteiger charge is -2.32. The lowest BCUT2D eigenvalue weighted by Crippen LogP contribution is -2.46. The third-order valence-corrected chi connectivity index (χ3v) is 4.98. The van der Waals surface area contributed by atoms with Gasteiger partial charge < -0.3 is 20.0 Å². The lowest BCUT2D eigenvalue weighted by atomic mass is 9.97. The number of furan rings is 1. The predicted octanol–water partition coefficient (Wildman–Crippen LogP) is 1.62. The molecule has 0 saturated carbocycles. The predicted molar refractivity (Wildman–Crippen MR) is 90.8 cm³/mol. The molecule has 24 heavy (non-hydrogen) atoms. The summed E-state index contributed by atoms with van der Waals surface area (Å²) in [5.74, 6) is 1.58. The van der Waals surface area contributed by atoms with E-state index in [-0.39, 0.29) is 17.9 Å². The van der Waals surface area contributed by atoms with E-state index in [4.69, 9.17) is 4.42 Å². The number of piperidine rings is 1. The normalized spacial score (nSPS) is 24.2. The second-order valence-electron chi connectivity index (χ2n) is 7.02. The van der Waals surface area contributed by atoms with E-state index in [1.165, 1.54) is 0 Å². The second-order valence-corrected chi connectivity index (χ2v) is 7.02. The van der Waals surface area contributed by atoms with Crippen molar-refractivity contribution in [1.82, 2.24) is 15.5 Å². The van der Waals surface area contributed by atoms with Gasteiger partial charge in [0.25, 0.3) is 5.91 Å². The molecule has 2 aliphatic rings. The molecule has 2 atom stereocenters. The number of hydrogen-bond acceptors (Lipinski definition) is 4. The zero-order valence-electron chi connectivity index (χ0n) is 14.6. The van der Waals surface area contributed by atoms with Gasteiger partial charge in [0.15, 0.2) is 5.76 Å². The smallest absolute Gasteiger partial charge is 0.289 e. The summed E-state index contributed by atoms with van der Waals surface area (Å²) in [5.41, 5.74) is 0.889. The molecule has 6 nitrogen and oxygen atoms in total. The minimum atomic E-state index is -0.0416. The number of amides is 2. The van der Waals surface area contributed by atoms with E-state index in [1.807, 2.05) is 24.8 Å². The van der Waals surface area contributed by atoms with Gasteiger partial charge >= 0.3 is 0 Å². The molecule has 6 heteroatoms. The average molecular weight is 333 g/mol. The Hall–Kier alpha value is -1.82. The van der Waals surface area contributed by atoms with Crippen molar-refractivity contribution in [2.45, 2.75) is 45.6 Å². The first-order chi connectivity index (χ1) is 11.5. The van der Waals surface area contributed by atoms with E-state index < -0.39 is 0 Å². The van der Waals surface area contributed by atoms with Crippen LogP contribution in [0.5, 0.6) is 0 Å². The SMILES string of the molecule is Cc1cc(C)c(C(=O)N2CCCC(CNC(=O)C3CCCN3)C2)o1. The number of hydrogen-bond donors (Lipinski definition) is 2. The topological polar surface area (TPSA) is 74.6 Å². The van der Waals surface area contributed by atoms with Crippen LogP contribution in [0.1, 0.15) is 47.6 Å². The fraction of sp³-hybridized carbons (Fsp3) is 0.667. The monoisotopic (exact) mass is 333 g/mol. The number of nitrogens with zero attached hydrogens (tertiary/aromatic N) is 1. The van der Waals surface area contributed by atoms with Crippen LogP contribution < -0.4 is 10.6 Å². The summed E-state index contributed by atoms with van der Waals surface area (Å²) in [5, 5.41) is 6.26. The van der Waals surface area contributed by atoms with Crippen LogP contribution in [0.4, 0.5) is 0 Å². The van der Waals surface area contributed by atoms with Crippen molar-refractivity contribution in [2.75, 3.05) is 26.2 Å². The summed E-state index contributed by atoms with van der Waals surface area (Å²) in [6.07, 6.45) is 3.98. The highest BCUT2D eigenvalue weighted by molar-refractivity contribution is 5.93. The van der Waals surface area contributed by atoms with Crippen LogP contribution in [0, 0.1) is 19.8 Å². The molecular formula is C18H27N3O3. The molecule has 0 aromatic carbocycles. The molecule has 0 aliphatic carbocycles. The summed E-state index contributed by atoms with van der Waals surface area (Å²) >= 11 is 0. The molecule has 2 fully saturated rings. The molecule has 2 unspecified atom stereocenters. The van der Waals surface area contributed by atoms with Crippen LogP contribution in [0.25, 0.3) is 0 Å². The highest BCUT2D eigenvalue weighted by Gasteiger charge is 2.28. The fourth-order valence-corrected chi connectivity index (χ4v) is 3.69. The van der Waals surface area contributed by atoms with E-state index in [2.05, 4.69) is 10.6 Å². The van der Waals surface area contributed by atoms with Crippen molar-refractivity contribution in [3.8, 4) is 0 Å². The molecule has 2 aliphatic heterocycles. The van der Waals surface area contributed by atoms with Crippen LogP contribution in [0.15, 0.2) is 10.5 Å². The molecule has 0 radical (unpaired) electrons. The molecular weight excluding hydrogens is 306 g/mol. The third kappa shape index (κ3) is 3.80. The third-order valence-electron chi connectivity index (χ3n) is 4.98. The van der Waals surface area contributed by atoms with Gasteiger partial charge in [-0.2, -0.15) is 0 Å². The fourth-order valence-electron chi connectivity index (χ4n) is 3.69. The van der Waals surface area contributed by atoms with Gasteiger partial charge in [-0.05, 0) is 58.1 Å². The summed E-state index contributed by atoms with van der Waals surface area (Å²) in [6, 6.07) is 1.85. The molecule has 2 amide bonds. The zero-order valence-corrected chi connectivity index (χ0v) is 14.6. The minimum Gasteiger partial charge on any atom is -0.456 e. The second kappa shape index (κ2) is 7.38. The van der Waals surface area contributed by atoms with Gasteiger partial charge in [-0.3, -0.25) is 9.59 Å². The summed E-state index contributed by atoms with van der Waals surface area (Å²) in [7, 11) is 0. The zero-order chi connectivity index (χ0) is 17.1. The molecule has 0 spiro atoms. The van der Waals surface area contributed by atoms with Gasteiger partial charge in [0.2, 0.25) is 5.91 Å². The van der Waals surface area contributed by atoms with E-state index >= 15 is 0 Å². The van der Waals surface area contributed by atoms with Gasteiger partial charge in [-0.1, -0.05) is 0 Å². The van der Waals surface area contributed by atoms with Crippen molar-refractivity contribution >= 4 is 11.8 Å².